The Balaban J connectivity index is 1.47. The minimum atomic E-state index is -0.0988. The zero-order chi connectivity index (χ0) is 20.6. The first kappa shape index (κ1) is 21.6. The molecule has 0 bridgehead atoms. The van der Waals surface area contributed by atoms with E-state index in [1.807, 2.05) is 41.1 Å². The molecule has 1 aromatic rings. The van der Waals surface area contributed by atoms with Gasteiger partial charge in [0.05, 0.1) is 26.2 Å². The Bertz CT molecular complexity index is 673. The van der Waals surface area contributed by atoms with Crippen molar-refractivity contribution < 1.29 is 19.1 Å². The lowest BCUT2D eigenvalue weighted by Crippen LogP contribution is -2.48. The van der Waals surface area contributed by atoms with Crippen molar-refractivity contribution in [1.29, 1.82) is 0 Å². The fourth-order valence-corrected chi connectivity index (χ4v) is 3.93. The molecule has 2 fully saturated rings. The van der Waals surface area contributed by atoms with Crippen molar-refractivity contribution in [3.63, 3.8) is 0 Å². The zero-order valence-electron chi connectivity index (χ0n) is 17.6. The Kier molecular flexibility index (Phi) is 7.89. The third-order valence-corrected chi connectivity index (χ3v) is 5.91. The fraction of sp³-hybridized carbons (Fsp3) is 0.636. The maximum absolute atomic E-state index is 12.9. The van der Waals surface area contributed by atoms with Gasteiger partial charge in [-0.2, -0.15) is 0 Å². The molecule has 1 unspecified atom stereocenters. The molecule has 29 heavy (non-hydrogen) atoms. The van der Waals surface area contributed by atoms with E-state index < -0.39 is 0 Å². The summed E-state index contributed by atoms with van der Waals surface area (Å²) >= 11 is 0. The molecule has 0 N–H and O–H groups in total. The molecule has 0 spiro atoms. The van der Waals surface area contributed by atoms with Crippen LogP contribution in [0.1, 0.15) is 18.4 Å². The number of carbonyl (C=O) groups excluding carboxylic acids is 2. The van der Waals surface area contributed by atoms with Crippen LogP contribution in [0.25, 0.3) is 0 Å². The van der Waals surface area contributed by atoms with Gasteiger partial charge < -0.3 is 19.3 Å². The number of carbonyl (C=O) groups is 2. The largest absolute Gasteiger partial charge is 0.497 e. The highest BCUT2D eigenvalue weighted by atomic mass is 16.5. The summed E-state index contributed by atoms with van der Waals surface area (Å²) in [5.41, 5.74) is 1.16. The van der Waals surface area contributed by atoms with E-state index in [4.69, 9.17) is 9.47 Å². The third kappa shape index (κ3) is 6.18. The fourth-order valence-electron chi connectivity index (χ4n) is 3.93. The third-order valence-electron chi connectivity index (χ3n) is 5.91. The van der Waals surface area contributed by atoms with Crippen LogP contribution in [0.2, 0.25) is 0 Å². The molecule has 1 aromatic carbocycles. The summed E-state index contributed by atoms with van der Waals surface area (Å²) < 4.78 is 10.6. The molecule has 7 heteroatoms. The molecule has 2 heterocycles. The van der Waals surface area contributed by atoms with Crippen LogP contribution in [0, 0.1) is 5.92 Å². The number of hydrogen-bond acceptors (Lipinski definition) is 5. The van der Waals surface area contributed by atoms with Gasteiger partial charge in [0.25, 0.3) is 0 Å². The average molecular weight is 404 g/mol. The molecule has 0 saturated carbocycles. The van der Waals surface area contributed by atoms with E-state index in [0.29, 0.717) is 25.9 Å². The SMILES string of the molecule is COc1ccc(CCN2CC(C(=O)N(C)CCN3CCOCC3)CCC2=O)cc1. The molecule has 160 valence electrons. The normalized spacial score (nSPS) is 20.6. The van der Waals surface area contributed by atoms with E-state index in [9.17, 15) is 9.59 Å². The predicted octanol–water partition coefficient (Wildman–Crippen LogP) is 1.27. The van der Waals surface area contributed by atoms with E-state index >= 15 is 0 Å². The lowest BCUT2D eigenvalue weighted by Gasteiger charge is -2.35. The van der Waals surface area contributed by atoms with Crippen molar-refractivity contribution in [2.24, 2.45) is 5.92 Å². The van der Waals surface area contributed by atoms with Crippen LogP contribution in [0.5, 0.6) is 5.75 Å². The number of amides is 2. The summed E-state index contributed by atoms with van der Waals surface area (Å²) in [6.07, 6.45) is 1.89. The maximum atomic E-state index is 12.9. The molecule has 0 aliphatic carbocycles. The molecule has 2 saturated heterocycles. The van der Waals surface area contributed by atoms with Gasteiger partial charge in [0.2, 0.25) is 11.8 Å². The first-order chi connectivity index (χ1) is 14.1. The number of rotatable bonds is 8. The lowest BCUT2D eigenvalue weighted by atomic mass is 9.95. The number of likely N-dealkylation sites (tertiary alicyclic amines) is 1. The van der Waals surface area contributed by atoms with E-state index in [0.717, 1.165) is 57.1 Å². The Morgan fingerprint density at radius 3 is 2.62 bits per heavy atom. The standard InChI is InChI=1S/C22H33N3O4/c1-23(11-12-24-13-15-29-16-14-24)22(27)19-5-8-21(26)25(17-19)10-9-18-3-6-20(28-2)7-4-18/h3-4,6-7,19H,5,8-17H2,1-2H3. The smallest absolute Gasteiger partial charge is 0.227 e. The van der Waals surface area contributed by atoms with Crippen LogP contribution in [-0.4, -0.2) is 93.2 Å². The molecular formula is C22H33N3O4. The Hall–Kier alpha value is -2.12. The summed E-state index contributed by atoms with van der Waals surface area (Å²) in [7, 11) is 3.53. The molecule has 2 aliphatic rings. The van der Waals surface area contributed by atoms with Crippen molar-refractivity contribution in [3.8, 4) is 5.75 Å². The second-order valence-corrected chi connectivity index (χ2v) is 7.89. The number of benzene rings is 1. The van der Waals surface area contributed by atoms with Crippen molar-refractivity contribution in [1.82, 2.24) is 14.7 Å². The molecule has 1 atom stereocenters. The van der Waals surface area contributed by atoms with Gasteiger partial charge in [-0.1, -0.05) is 12.1 Å². The quantitative estimate of drug-likeness (QED) is 0.654. The highest BCUT2D eigenvalue weighted by Crippen LogP contribution is 2.20. The lowest BCUT2D eigenvalue weighted by molar-refractivity contribution is -0.142. The molecule has 0 radical (unpaired) electrons. The van der Waals surface area contributed by atoms with E-state index in [1.165, 1.54) is 0 Å². The molecule has 2 aliphatic heterocycles. The Morgan fingerprint density at radius 2 is 1.93 bits per heavy atom. The van der Waals surface area contributed by atoms with Gasteiger partial charge in [0.15, 0.2) is 0 Å². The van der Waals surface area contributed by atoms with Crippen LogP contribution >= 0.6 is 0 Å². The number of likely N-dealkylation sites (N-methyl/N-ethyl adjacent to an activating group) is 1. The number of methoxy groups -OCH3 is 1. The monoisotopic (exact) mass is 403 g/mol. The van der Waals surface area contributed by atoms with Gasteiger partial charge in [-0.3, -0.25) is 14.5 Å². The van der Waals surface area contributed by atoms with E-state index in [2.05, 4.69) is 4.90 Å². The second-order valence-electron chi connectivity index (χ2n) is 7.89. The van der Waals surface area contributed by atoms with E-state index in [1.54, 1.807) is 7.11 Å². The van der Waals surface area contributed by atoms with Crippen LogP contribution in [0.3, 0.4) is 0 Å². The van der Waals surface area contributed by atoms with Gasteiger partial charge in [-0.25, -0.2) is 0 Å². The summed E-state index contributed by atoms with van der Waals surface area (Å²) in [6.45, 7) is 6.16. The average Bonchev–Trinajstić information content (AvgIpc) is 2.77. The zero-order valence-corrected chi connectivity index (χ0v) is 17.6. The minimum Gasteiger partial charge on any atom is -0.497 e. The highest BCUT2D eigenvalue weighted by Gasteiger charge is 2.31. The number of ether oxygens (including phenoxy) is 2. The van der Waals surface area contributed by atoms with Crippen LogP contribution in [0.4, 0.5) is 0 Å². The van der Waals surface area contributed by atoms with Crippen LogP contribution in [-0.2, 0) is 20.7 Å². The summed E-state index contributed by atoms with van der Waals surface area (Å²) in [4.78, 5) is 31.3. The summed E-state index contributed by atoms with van der Waals surface area (Å²) in [6, 6.07) is 7.91. The molecule has 2 amide bonds. The van der Waals surface area contributed by atoms with Crippen molar-refractivity contribution >= 4 is 11.8 Å². The van der Waals surface area contributed by atoms with Crippen molar-refractivity contribution in [3.05, 3.63) is 29.8 Å². The Morgan fingerprint density at radius 1 is 1.21 bits per heavy atom. The number of hydrogen-bond donors (Lipinski definition) is 0. The van der Waals surface area contributed by atoms with Gasteiger partial charge in [-0.15, -0.1) is 0 Å². The number of piperidine rings is 1. The maximum Gasteiger partial charge on any atom is 0.227 e. The summed E-state index contributed by atoms with van der Waals surface area (Å²) in [5, 5.41) is 0. The van der Waals surface area contributed by atoms with E-state index in [-0.39, 0.29) is 17.7 Å². The predicted molar refractivity (Wildman–Crippen MR) is 111 cm³/mol. The van der Waals surface area contributed by atoms with Gasteiger partial charge in [0.1, 0.15) is 5.75 Å². The van der Waals surface area contributed by atoms with Crippen LogP contribution < -0.4 is 4.74 Å². The summed E-state index contributed by atoms with van der Waals surface area (Å²) in [5.74, 6) is 1.03. The van der Waals surface area contributed by atoms with Crippen LogP contribution in [0.15, 0.2) is 24.3 Å². The molecule has 0 aromatic heterocycles. The second kappa shape index (κ2) is 10.6. The number of nitrogens with zero attached hydrogens (tertiary/aromatic N) is 3. The molecule has 7 nitrogen and oxygen atoms in total. The highest BCUT2D eigenvalue weighted by molar-refractivity contribution is 5.83. The topological polar surface area (TPSA) is 62.3 Å². The van der Waals surface area contributed by atoms with Crippen molar-refractivity contribution in [2.75, 3.05) is 66.6 Å². The number of morpholine rings is 1. The molecule has 3 rings (SSSR count). The molecular weight excluding hydrogens is 370 g/mol. The minimum absolute atomic E-state index is 0.0988. The first-order valence-corrected chi connectivity index (χ1v) is 10.5. The van der Waals surface area contributed by atoms with Gasteiger partial charge in [-0.05, 0) is 30.5 Å². The van der Waals surface area contributed by atoms with Gasteiger partial charge >= 0.3 is 0 Å². The van der Waals surface area contributed by atoms with Crippen molar-refractivity contribution in [2.45, 2.75) is 19.3 Å². The Labute approximate surface area is 173 Å². The first-order valence-electron chi connectivity index (χ1n) is 10.5. The van der Waals surface area contributed by atoms with Gasteiger partial charge in [0, 0.05) is 52.7 Å².